The van der Waals surface area contributed by atoms with Crippen LogP contribution in [0.5, 0.6) is 0 Å². The van der Waals surface area contributed by atoms with Crippen molar-refractivity contribution in [3.63, 3.8) is 0 Å². The standard InChI is InChI=1S/C17H19ClN2/c18-17-11-16(19)6-5-15(17)12-20-9-7-13-3-1-2-4-14(13)8-10-20/h1-6,11H,7-10,12,19H2. The van der Waals surface area contributed by atoms with Crippen LogP contribution in [0.2, 0.25) is 5.02 Å². The number of fused-ring (bicyclic) bond motifs is 1. The minimum atomic E-state index is 0.724. The topological polar surface area (TPSA) is 29.3 Å². The largest absolute Gasteiger partial charge is 0.399 e. The van der Waals surface area contributed by atoms with Crippen molar-refractivity contribution in [3.8, 4) is 0 Å². The molecular weight excluding hydrogens is 268 g/mol. The van der Waals surface area contributed by atoms with Gasteiger partial charge in [0, 0.05) is 30.3 Å². The van der Waals surface area contributed by atoms with Gasteiger partial charge in [-0.05, 0) is 41.7 Å². The van der Waals surface area contributed by atoms with Gasteiger partial charge in [0.2, 0.25) is 0 Å². The molecule has 3 rings (SSSR count). The maximum absolute atomic E-state index is 6.27. The van der Waals surface area contributed by atoms with Crippen LogP contribution in [0.4, 0.5) is 5.69 Å². The first-order chi connectivity index (χ1) is 9.72. The van der Waals surface area contributed by atoms with Crippen molar-refractivity contribution in [1.82, 2.24) is 4.90 Å². The number of anilines is 1. The molecule has 0 aliphatic carbocycles. The zero-order valence-corrected chi connectivity index (χ0v) is 12.2. The van der Waals surface area contributed by atoms with Crippen molar-refractivity contribution in [1.29, 1.82) is 0 Å². The average molecular weight is 287 g/mol. The second-order valence-corrected chi connectivity index (χ2v) is 5.80. The summed E-state index contributed by atoms with van der Waals surface area (Å²) in [6.45, 7) is 3.06. The van der Waals surface area contributed by atoms with E-state index in [1.54, 1.807) is 0 Å². The van der Waals surface area contributed by atoms with E-state index < -0.39 is 0 Å². The highest BCUT2D eigenvalue weighted by Crippen LogP contribution is 2.22. The molecule has 20 heavy (non-hydrogen) atoms. The smallest absolute Gasteiger partial charge is 0.0471 e. The van der Waals surface area contributed by atoms with Gasteiger partial charge >= 0.3 is 0 Å². The van der Waals surface area contributed by atoms with Gasteiger partial charge < -0.3 is 5.73 Å². The summed E-state index contributed by atoms with van der Waals surface area (Å²) in [5, 5.41) is 0.770. The number of benzene rings is 2. The summed E-state index contributed by atoms with van der Waals surface area (Å²) < 4.78 is 0. The van der Waals surface area contributed by atoms with Crippen molar-refractivity contribution >= 4 is 17.3 Å². The third-order valence-electron chi connectivity index (χ3n) is 3.98. The normalized spacial score (nSPS) is 15.7. The molecule has 2 N–H and O–H groups in total. The summed E-state index contributed by atoms with van der Waals surface area (Å²) >= 11 is 6.27. The fourth-order valence-corrected chi connectivity index (χ4v) is 3.05. The fraction of sp³-hybridized carbons (Fsp3) is 0.294. The first-order valence-corrected chi connectivity index (χ1v) is 7.43. The molecule has 1 aliphatic rings. The third kappa shape index (κ3) is 2.97. The highest BCUT2D eigenvalue weighted by atomic mass is 35.5. The van der Waals surface area contributed by atoms with E-state index in [9.17, 15) is 0 Å². The fourth-order valence-electron chi connectivity index (χ4n) is 2.81. The lowest BCUT2D eigenvalue weighted by Gasteiger charge is -2.20. The Bertz CT molecular complexity index is 583. The molecular formula is C17H19ClN2. The monoisotopic (exact) mass is 286 g/mol. The SMILES string of the molecule is Nc1ccc(CN2CCc3ccccc3CC2)c(Cl)c1. The van der Waals surface area contributed by atoms with Crippen LogP contribution in [0.25, 0.3) is 0 Å². The van der Waals surface area contributed by atoms with Crippen LogP contribution < -0.4 is 5.73 Å². The van der Waals surface area contributed by atoms with E-state index >= 15 is 0 Å². The lowest BCUT2D eigenvalue weighted by molar-refractivity contribution is 0.279. The Hall–Kier alpha value is -1.51. The molecule has 0 radical (unpaired) electrons. The number of hydrogen-bond donors (Lipinski definition) is 1. The molecule has 2 aromatic rings. The Morgan fingerprint density at radius 1 is 1.00 bits per heavy atom. The number of halogens is 1. The molecule has 0 saturated heterocycles. The second kappa shape index (κ2) is 5.86. The molecule has 1 aliphatic heterocycles. The Balaban J connectivity index is 1.71. The molecule has 0 unspecified atom stereocenters. The van der Waals surface area contributed by atoms with Crippen molar-refractivity contribution in [2.24, 2.45) is 0 Å². The van der Waals surface area contributed by atoms with Gasteiger partial charge in [0.15, 0.2) is 0 Å². The van der Waals surface area contributed by atoms with Crippen LogP contribution in [0, 0.1) is 0 Å². The summed E-state index contributed by atoms with van der Waals surface area (Å²) in [5.74, 6) is 0. The first-order valence-electron chi connectivity index (χ1n) is 7.05. The van der Waals surface area contributed by atoms with Gasteiger partial charge in [0.1, 0.15) is 0 Å². The van der Waals surface area contributed by atoms with E-state index in [0.29, 0.717) is 0 Å². The quantitative estimate of drug-likeness (QED) is 0.856. The van der Waals surface area contributed by atoms with E-state index in [1.165, 1.54) is 11.1 Å². The lowest BCUT2D eigenvalue weighted by Crippen LogP contribution is -2.26. The molecule has 0 saturated carbocycles. The van der Waals surface area contributed by atoms with Crippen LogP contribution in [-0.4, -0.2) is 18.0 Å². The average Bonchev–Trinajstić information content (AvgIpc) is 2.65. The van der Waals surface area contributed by atoms with E-state index in [2.05, 4.69) is 29.2 Å². The van der Waals surface area contributed by atoms with Crippen LogP contribution in [0.1, 0.15) is 16.7 Å². The molecule has 0 atom stereocenters. The molecule has 2 aromatic carbocycles. The highest BCUT2D eigenvalue weighted by molar-refractivity contribution is 6.31. The van der Waals surface area contributed by atoms with Gasteiger partial charge in [-0.2, -0.15) is 0 Å². The Morgan fingerprint density at radius 2 is 1.65 bits per heavy atom. The summed E-state index contributed by atoms with van der Waals surface area (Å²) in [6, 6.07) is 14.5. The Morgan fingerprint density at radius 3 is 2.25 bits per heavy atom. The molecule has 2 nitrogen and oxygen atoms in total. The number of hydrogen-bond acceptors (Lipinski definition) is 2. The number of nitrogen functional groups attached to an aromatic ring is 1. The first kappa shape index (κ1) is 13.5. The van der Waals surface area contributed by atoms with Crippen LogP contribution in [0.15, 0.2) is 42.5 Å². The molecule has 0 aromatic heterocycles. The van der Waals surface area contributed by atoms with Crippen LogP contribution in [0.3, 0.4) is 0 Å². The van der Waals surface area contributed by atoms with Gasteiger partial charge in [-0.1, -0.05) is 41.9 Å². The van der Waals surface area contributed by atoms with Gasteiger partial charge in [0.05, 0.1) is 0 Å². The predicted octanol–water partition coefficient (Wildman–Crippen LogP) is 3.52. The molecule has 1 heterocycles. The summed E-state index contributed by atoms with van der Waals surface area (Å²) in [5.41, 5.74) is 10.6. The zero-order chi connectivity index (χ0) is 13.9. The van der Waals surface area contributed by atoms with Crippen molar-refractivity contribution in [2.45, 2.75) is 19.4 Å². The molecule has 104 valence electrons. The van der Waals surface area contributed by atoms with Crippen molar-refractivity contribution in [3.05, 3.63) is 64.2 Å². The Kier molecular flexibility index (Phi) is 3.95. The van der Waals surface area contributed by atoms with E-state index in [4.69, 9.17) is 17.3 Å². The summed E-state index contributed by atoms with van der Waals surface area (Å²) in [4.78, 5) is 2.47. The van der Waals surface area contributed by atoms with Gasteiger partial charge in [-0.15, -0.1) is 0 Å². The second-order valence-electron chi connectivity index (χ2n) is 5.40. The van der Waals surface area contributed by atoms with E-state index in [-0.39, 0.29) is 0 Å². The van der Waals surface area contributed by atoms with Crippen LogP contribution in [-0.2, 0) is 19.4 Å². The maximum Gasteiger partial charge on any atom is 0.0471 e. The van der Waals surface area contributed by atoms with Gasteiger partial charge in [0.25, 0.3) is 0 Å². The van der Waals surface area contributed by atoms with Gasteiger partial charge in [-0.25, -0.2) is 0 Å². The zero-order valence-electron chi connectivity index (χ0n) is 11.5. The minimum absolute atomic E-state index is 0.724. The molecule has 0 spiro atoms. The predicted molar refractivity (Wildman–Crippen MR) is 85.0 cm³/mol. The molecule has 0 bridgehead atoms. The number of nitrogens with two attached hydrogens (primary N) is 1. The van der Waals surface area contributed by atoms with Gasteiger partial charge in [-0.3, -0.25) is 4.90 Å². The molecule has 0 amide bonds. The number of rotatable bonds is 2. The van der Waals surface area contributed by atoms with Crippen molar-refractivity contribution < 1.29 is 0 Å². The molecule has 3 heteroatoms. The third-order valence-corrected chi connectivity index (χ3v) is 4.34. The minimum Gasteiger partial charge on any atom is -0.399 e. The van der Waals surface area contributed by atoms with Crippen LogP contribution >= 0.6 is 11.6 Å². The lowest BCUT2D eigenvalue weighted by atomic mass is 10.0. The van der Waals surface area contributed by atoms with E-state index in [1.807, 2.05) is 18.2 Å². The maximum atomic E-state index is 6.27. The van der Waals surface area contributed by atoms with Crippen molar-refractivity contribution in [2.75, 3.05) is 18.8 Å². The summed E-state index contributed by atoms with van der Waals surface area (Å²) in [6.07, 6.45) is 2.23. The molecule has 0 fully saturated rings. The van der Waals surface area contributed by atoms with E-state index in [0.717, 1.165) is 48.7 Å². The highest BCUT2D eigenvalue weighted by Gasteiger charge is 2.14. The Labute approximate surface area is 125 Å². The summed E-state index contributed by atoms with van der Waals surface area (Å²) in [7, 11) is 0. The number of nitrogens with zero attached hydrogens (tertiary/aromatic N) is 1.